The third-order valence-corrected chi connectivity index (χ3v) is 5.99. The first kappa shape index (κ1) is 20.9. The second-order valence-electron chi connectivity index (χ2n) is 7.02. The van der Waals surface area contributed by atoms with Crippen LogP contribution in [0.3, 0.4) is 0 Å². The van der Waals surface area contributed by atoms with E-state index in [2.05, 4.69) is 19.7 Å². The maximum absolute atomic E-state index is 12.5. The minimum Gasteiger partial charge on any atom is -0.171 e. The molecule has 0 nitrogen and oxygen atoms in total. The van der Waals surface area contributed by atoms with E-state index in [1.807, 2.05) is 25.3 Å². The number of thioether (sulfide) groups is 1. The molecule has 142 valence electrons. The predicted molar refractivity (Wildman–Crippen MR) is 107 cm³/mol. The molecular formula is C22H27F3S. The summed E-state index contributed by atoms with van der Waals surface area (Å²) in [6.45, 7) is 14.7. The lowest BCUT2D eigenvalue weighted by molar-refractivity contribution is -0.135. The van der Waals surface area contributed by atoms with E-state index in [0.717, 1.165) is 57.6 Å². The molecule has 26 heavy (non-hydrogen) atoms. The molecule has 0 amide bonds. The molecule has 1 aromatic carbocycles. The molecule has 1 saturated carbocycles. The fourth-order valence-electron chi connectivity index (χ4n) is 3.82. The van der Waals surface area contributed by atoms with Crippen molar-refractivity contribution in [1.29, 1.82) is 0 Å². The van der Waals surface area contributed by atoms with E-state index in [9.17, 15) is 13.2 Å². The molecule has 1 aliphatic rings. The molecule has 0 N–H and O–H groups in total. The number of halogens is 3. The van der Waals surface area contributed by atoms with E-state index < -0.39 is 12.6 Å². The van der Waals surface area contributed by atoms with Gasteiger partial charge in [0.25, 0.3) is 0 Å². The Balaban J connectivity index is 2.32. The van der Waals surface area contributed by atoms with Crippen LogP contribution in [0.15, 0.2) is 47.9 Å². The van der Waals surface area contributed by atoms with Crippen molar-refractivity contribution < 1.29 is 13.2 Å². The summed E-state index contributed by atoms with van der Waals surface area (Å²) in [7, 11) is 0. The van der Waals surface area contributed by atoms with Crippen LogP contribution >= 0.6 is 11.8 Å². The Morgan fingerprint density at radius 2 is 1.81 bits per heavy atom. The molecule has 0 bridgehead atoms. The van der Waals surface area contributed by atoms with Crippen LogP contribution in [0, 0.1) is 12.8 Å². The number of hydrogen-bond acceptors (Lipinski definition) is 1. The van der Waals surface area contributed by atoms with Gasteiger partial charge in [-0.3, -0.25) is 0 Å². The van der Waals surface area contributed by atoms with E-state index in [1.54, 1.807) is 11.8 Å². The second-order valence-corrected chi connectivity index (χ2v) is 7.86. The summed E-state index contributed by atoms with van der Waals surface area (Å²) in [6.07, 6.45) is 0.668. The van der Waals surface area contributed by atoms with E-state index in [0.29, 0.717) is 6.42 Å². The monoisotopic (exact) mass is 380 g/mol. The van der Waals surface area contributed by atoms with Gasteiger partial charge in [0.1, 0.15) is 0 Å². The van der Waals surface area contributed by atoms with E-state index in [4.69, 9.17) is 0 Å². The number of benzene rings is 1. The van der Waals surface area contributed by atoms with Crippen molar-refractivity contribution in [2.75, 3.05) is 6.26 Å². The molecule has 2 rings (SSSR count). The van der Waals surface area contributed by atoms with E-state index in [1.165, 1.54) is 0 Å². The Labute approximate surface area is 159 Å². The summed E-state index contributed by atoms with van der Waals surface area (Å²) < 4.78 is 37.6. The molecule has 0 atom stereocenters. The summed E-state index contributed by atoms with van der Waals surface area (Å²) in [4.78, 5) is 1.04. The lowest BCUT2D eigenvalue weighted by Gasteiger charge is -2.30. The fourth-order valence-corrected chi connectivity index (χ4v) is 4.52. The predicted octanol–water partition coefficient (Wildman–Crippen LogP) is 7.53. The summed E-state index contributed by atoms with van der Waals surface area (Å²) in [5, 5.41) is 0. The quantitative estimate of drug-likeness (QED) is 0.363. The zero-order valence-electron chi connectivity index (χ0n) is 15.6. The Morgan fingerprint density at radius 3 is 2.35 bits per heavy atom. The SMILES string of the molecule is C=C1CCCC(=C)C1C(=C)c1ccc(SC)c(CCCC(F)(F)F)c1C. The largest absolute Gasteiger partial charge is 0.389 e. The van der Waals surface area contributed by atoms with Gasteiger partial charge in [0.15, 0.2) is 0 Å². The number of hydrogen-bond donors (Lipinski definition) is 0. The van der Waals surface area contributed by atoms with Crippen molar-refractivity contribution in [2.45, 2.75) is 56.5 Å². The van der Waals surface area contributed by atoms with Crippen molar-refractivity contribution in [3.05, 3.63) is 59.7 Å². The minimum atomic E-state index is -4.10. The molecule has 1 fully saturated rings. The molecule has 0 unspecified atom stereocenters. The zero-order chi connectivity index (χ0) is 19.5. The Bertz CT molecular complexity index is 697. The van der Waals surface area contributed by atoms with E-state index in [-0.39, 0.29) is 12.3 Å². The Kier molecular flexibility index (Phi) is 6.84. The highest BCUT2D eigenvalue weighted by Gasteiger charge is 2.28. The molecule has 0 aliphatic heterocycles. The Morgan fingerprint density at radius 1 is 1.19 bits per heavy atom. The molecular weight excluding hydrogens is 353 g/mol. The number of alkyl halides is 3. The minimum absolute atomic E-state index is 0.0746. The zero-order valence-corrected chi connectivity index (χ0v) is 16.5. The standard InChI is InChI=1S/C22H27F3S/c1-14-8-6-9-15(2)21(14)17(4)18-11-12-20(26-5)19(16(18)3)10-7-13-22(23,24)25/h11-12,21H,1-2,4,6-10,13H2,3,5H3. The highest BCUT2D eigenvalue weighted by molar-refractivity contribution is 7.98. The normalized spacial score (nSPS) is 16.2. The maximum Gasteiger partial charge on any atom is 0.389 e. The van der Waals surface area contributed by atoms with Gasteiger partial charge in [-0.1, -0.05) is 36.9 Å². The van der Waals surface area contributed by atoms with Gasteiger partial charge in [-0.2, -0.15) is 13.2 Å². The van der Waals surface area contributed by atoms with Crippen LogP contribution in [0.25, 0.3) is 5.57 Å². The van der Waals surface area contributed by atoms with Crippen molar-refractivity contribution in [3.63, 3.8) is 0 Å². The second kappa shape index (κ2) is 8.51. The molecule has 1 aromatic rings. The first-order valence-corrected chi connectivity index (χ1v) is 10.2. The molecule has 0 saturated heterocycles. The van der Waals surface area contributed by atoms with Gasteiger partial charge in [0, 0.05) is 17.2 Å². The summed E-state index contributed by atoms with van der Waals surface area (Å²) in [6, 6.07) is 4.06. The number of allylic oxidation sites excluding steroid dienone is 3. The molecule has 0 heterocycles. The van der Waals surface area contributed by atoms with Crippen LogP contribution in [0.2, 0.25) is 0 Å². The third-order valence-electron chi connectivity index (χ3n) is 5.17. The van der Waals surface area contributed by atoms with Gasteiger partial charge < -0.3 is 0 Å². The van der Waals surface area contributed by atoms with E-state index >= 15 is 0 Å². The van der Waals surface area contributed by atoms with Gasteiger partial charge in [-0.15, -0.1) is 11.8 Å². The van der Waals surface area contributed by atoms with Crippen LogP contribution in [-0.4, -0.2) is 12.4 Å². The third kappa shape index (κ3) is 4.85. The molecule has 0 aromatic heterocycles. The summed E-state index contributed by atoms with van der Waals surface area (Å²) >= 11 is 1.58. The first-order valence-electron chi connectivity index (χ1n) is 8.93. The molecule has 4 heteroatoms. The van der Waals surface area contributed by atoms with Gasteiger partial charge in [0.2, 0.25) is 0 Å². The topological polar surface area (TPSA) is 0 Å². The van der Waals surface area contributed by atoms with Crippen LogP contribution < -0.4 is 0 Å². The molecule has 0 radical (unpaired) electrons. The first-order chi connectivity index (χ1) is 12.2. The highest BCUT2D eigenvalue weighted by atomic mass is 32.2. The average Bonchev–Trinajstić information content (AvgIpc) is 2.54. The lowest BCUT2D eigenvalue weighted by Crippen LogP contribution is -2.14. The van der Waals surface area contributed by atoms with Crippen molar-refractivity contribution in [1.82, 2.24) is 0 Å². The van der Waals surface area contributed by atoms with Crippen molar-refractivity contribution in [3.8, 4) is 0 Å². The Hall–Kier alpha value is -1.42. The molecule has 1 aliphatic carbocycles. The summed E-state index contributed by atoms with van der Waals surface area (Å²) in [5.41, 5.74) is 6.32. The van der Waals surface area contributed by atoms with Crippen molar-refractivity contribution in [2.24, 2.45) is 5.92 Å². The van der Waals surface area contributed by atoms with Gasteiger partial charge >= 0.3 is 6.18 Å². The van der Waals surface area contributed by atoms with Crippen LogP contribution in [0.5, 0.6) is 0 Å². The molecule has 0 spiro atoms. The van der Waals surface area contributed by atoms with Crippen LogP contribution in [0.4, 0.5) is 13.2 Å². The summed E-state index contributed by atoms with van der Waals surface area (Å²) in [5.74, 6) is 0.0746. The van der Waals surface area contributed by atoms with Crippen LogP contribution in [-0.2, 0) is 6.42 Å². The van der Waals surface area contributed by atoms with Gasteiger partial charge in [0.05, 0.1) is 0 Å². The van der Waals surface area contributed by atoms with Crippen molar-refractivity contribution >= 4 is 17.3 Å². The highest BCUT2D eigenvalue weighted by Crippen LogP contribution is 2.42. The maximum atomic E-state index is 12.5. The van der Waals surface area contributed by atoms with Crippen LogP contribution in [0.1, 0.15) is 48.8 Å². The van der Waals surface area contributed by atoms with Gasteiger partial charge in [-0.05, 0) is 73.6 Å². The fraction of sp³-hybridized carbons (Fsp3) is 0.455. The number of rotatable bonds is 6. The smallest absolute Gasteiger partial charge is 0.171 e. The van der Waals surface area contributed by atoms with Gasteiger partial charge in [-0.25, -0.2) is 0 Å². The lowest BCUT2D eigenvalue weighted by atomic mass is 9.74. The average molecular weight is 381 g/mol.